The minimum atomic E-state index is 0. The summed E-state index contributed by atoms with van der Waals surface area (Å²) in [5.41, 5.74) is 2.28. The molecule has 1 aromatic rings. The van der Waals surface area contributed by atoms with Gasteiger partial charge in [0.1, 0.15) is 11.9 Å². The second-order valence-electron chi connectivity index (χ2n) is 7.13. The standard InChI is InChI=1S/C21H36N4O3.HI/c1-5-22-21(23-9-10-25(3)11-13-26-4)24-15-18-7-6-17(2)14-20(18)28-19-8-12-27-16-19;/h6-7,14,19H,5,8-13,15-16H2,1-4H3,(H2,22,23,24);1H. The highest BCUT2D eigenvalue weighted by atomic mass is 127. The van der Waals surface area contributed by atoms with E-state index in [-0.39, 0.29) is 30.1 Å². The molecule has 0 aromatic heterocycles. The van der Waals surface area contributed by atoms with E-state index in [1.807, 2.05) is 0 Å². The highest BCUT2D eigenvalue weighted by Gasteiger charge is 2.18. The molecule has 1 unspecified atom stereocenters. The molecule has 2 rings (SSSR count). The van der Waals surface area contributed by atoms with Gasteiger partial charge >= 0.3 is 0 Å². The van der Waals surface area contributed by atoms with Crippen molar-refractivity contribution in [2.75, 3.05) is 60.2 Å². The molecule has 2 N–H and O–H groups in total. The Hall–Kier alpha value is -1.10. The summed E-state index contributed by atoms with van der Waals surface area (Å²) in [5, 5.41) is 6.71. The second-order valence-corrected chi connectivity index (χ2v) is 7.13. The van der Waals surface area contributed by atoms with Crippen LogP contribution in [0.25, 0.3) is 0 Å². The summed E-state index contributed by atoms with van der Waals surface area (Å²) in [7, 11) is 3.82. The zero-order chi connectivity index (χ0) is 20.2. The maximum atomic E-state index is 6.18. The van der Waals surface area contributed by atoms with Crippen molar-refractivity contribution in [2.24, 2.45) is 4.99 Å². The van der Waals surface area contributed by atoms with Gasteiger partial charge in [-0.1, -0.05) is 12.1 Å². The van der Waals surface area contributed by atoms with Crippen molar-refractivity contribution in [3.63, 3.8) is 0 Å². The Balaban J connectivity index is 0.00000420. The number of benzene rings is 1. The fraction of sp³-hybridized carbons (Fsp3) is 0.667. The van der Waals surface area contributed by atoms with Gasteiger partial charge in [-0.15, -0.1) is 24.0 Å². The molecule has 0 spiro atoms. The van der Waals surface area contributed by atoms with Crippen LogP contribution < -0.4 is 15.4 Å². The molecule has 1 aliphatic heterocycles. The molecular weight excluding hydrogens is 483 g/mol. The summed E-state index contributed by atoms with van der Waals surface area (Å²) in [4.78, 5) is 6.98. The van der Waals surface area contributed by atoms with Crippen LogP contribution in [0.1, 0.15) is 24.5 Å². The third kappa shape index (κ3) is 9.97. The third-order valence-corrected chi connectivity index (χ3v) is 4.62. The Kier molecular flexibility index (Phi) is 13.2. The van der Waals surface area contributed by atoms with Gasteiger partial charge in [-0.25, -0.2) is 4.99 Å². The molecule has 0 bridgehead atoms. The Bertz CT molecular complexity index is 610. The monoisotopic (exact) mass is 520 g/mol. The molecule has 29 heavy (non-hydrogen) atoms. The maximum Gasteiger partial charge on any atom is 0.191 e. The van der Waals surface area contributed by atoms with Gasteiger partial charge in [0.25, 0.3) is 0 Å². The van der Waals surface area contributed by atoms with Crippen molar-refractivity contribution >= 4 is 29.9 Å². The number of nitrogens with one attached hydrogen (secondary N) is 2. The van der Waals surface area contributed by atoms with Gasteiger partial charge in [0.05, 0.1) is 26.4 Å². The lowest BCUT2D eigenvalue weighted by Gasteiger charge is -2.18. The number of rotatable bonds is 11. The van der Waals surface area contributed by atoms with E-state index in [9.17, 15) is 0 Å². The van der Waals surface area contributed by atoms with Crippen molar-refractivity contribution in [2.45, 2.75) is 32.9 Å². The molecule has 1 atom stereocenters. The predicted octanol–water partition coefficient (Wildman–Crippen LogP) is 2.41. The van der Waals surface area contributed by atoms with Crippen molar-refractivity contribution < 1.29 is 14.2 Å². The normalized spacial score (nSPS) is 16.6. The second kappa shape index (κ2) is 14.8. The number of aliphatic imine (C=N–C) groups is 1. The third-order valence-electron chi connectivity index (χ3n) is 4.62. The van der Waals surface area contributed by atoms with E-state index < -0.39 is 0 Å². The first-order valence-corrected chi connectivity index (χ1v) is 10.2. The van der Waals surface area contributed by atoms with Crippen molar-refractivity contribution in [1.82, 2.24) is 15.5 Å². The molecule has 0 aliphatic carbocycles. The van der Waals surface area contributed by atoms with Gasteiger partial charge in [0, 0.05) is 45.3 Å². The zero-order valence-electron chi connectivity index (χ0n) is 18.2. The van der Waals surface area contributed by atoms with Crippen molar-refractivity contribution in [3.05, 3.63) is 29.3 Å². The highest BCUT2D eigenvalue weighted by Crippen LogP contribution is 2.24. The number of likely N-dealkylation sites (N-methyl/N-ethyl adjacent to an activating group) is 1. The smallest absolute Gasteiger partial charge is 0.191 e. The van der Waals surface area contributed by atoms with E-state index >= 15 is 0 Å². The summed E-state index contributed by atoms with van der Waals surface area (Å²) in [6.07, 6.45) is 1.08. The van der Waals surface area contributed by atoms with Crippen LogP contribution in [-0.4, -0.2) is 77.1 Å². The van der Waals surface area contributed by atoms with Gasteiger partial charge in [-0.05, 0) is 32.5 Å². The number of ether oxygens (including phenoxy) is 3. The Morgan fingerprint density at radius 3 is 2.83 bits per heavy atom. The van der Waals surface area contributed by atoms with Gasteiger partial charge < -0.3 is 29.7 Å². The molecular formula is C21H37IN4O3. The molecule has 166 valence electrons. The van der Waals surface area contributed by atoms with Gasteiger partial charge in [0.15, 0.2) is 5.96 Å². The first kappa shape index (κ1) is 25.9. The zero-order valence-corrected chi connectivity index (χ0v) is 20.5. The van der Waals surface area contributed by atoms with Crippen LogP contribution in [-0.2, 0) is 16.0 Å². The number of methoxy groups -OCH3 is 1. The summed E-state index contributed by atoms with van der Waals surface area (Å²) in [6, 6.07) is 6.30. The number of hydrogen-bond donors (Lipinski definition) is 2. The lowest BCUT2D eigenvalue weighted by Crippen LogP contribution is -2.41. The molecule has 0 radical (unpaired) electrons. The van der Waals surface area contributed by atoms with Crippen LogP contribution in [0.4, 0.5) is 0 Å². The minimum absolute atomic E-state index is 0. The van der Waals surface area contributed by atoms with Crippen LogP contribution >= 0.6 is 24.0 Å². The largest absolute Gasteiger partial charge is 0.488 e. The van der Waals surface area contributed by atoms with Gasteiger partial charge in [-0.2, -0.15) is 0 Å². The van der Waals surface area contributed by atoms with Crippen molar-refractivity contribution in [1.29, 1.82) is 0 Å². The summed E-state index contributed by atoms with van der Waals surface area (Å²) < 4.78 is 16.7. The fourth-order valence-electron chi connectivity index (χ4n) is 2.92. The van der Waals surface area contributed by atoms with Crippen molar-refractivity contribution in [3.8, 4) is 5.75 Å². The average molecular weight is 520 g/mol. The van der Waals surface area contributed by atoms with Gasteiger partial charge in [-0.3, -0.25) is 0 Å². The summed E-state index contributed by atoms with van der Waals surface area (Å²) >= 11 is 0. The van der Waals surface area contributed by atoms with E-state index in [1.54, 1.807) is 7.11 Å². The lowest BCUT2D eigenvalue weighted by molar-refractivity contribution is 0.140. The maximum absolute atomic E-state index is 6.18. The molecule has 8 heteroatoms. The van der Waals surface area contributed by atoms with E-state index in [2.05, 4.69) is 54.6 Å². The topological polar surface area (TPSA) is 67.4 Å². The SMILES string of the molecule is CCNC(=NCc1ccc(C)cc1OC1CCOC1)NCCN(C)CCOC.I. The molecule has 1 fully saturated rings. The highest BCUT2D eigenvalue weighted by molar-refractivity contribution is 14.0. The molecule has 0 amide bonds. The molecule has 1 aromatic carbocycles. The molecule has 0 saturated carbocycles. The Labute approximate surface area is 192 Å². The summed E-state index contributed by atoms with van der Waals surface area (Å²) in [6.45, 7) is 10.4. The van der Waals surface area contributed by atoms with Gasteiger partial charge in [0.2, 0.25) is 0 Å². The molecule has 1 saturated heterocycles. The van der Waals surface area contributed by atoms with Crippen LogP contribution in [0.15, 0.2) is 23.2 Å². The van der Waals surface area contributed by atoms with E-state index in [1.165, 1.54) is 5.56 Å². The van der Waals surface area contributed by atoms with E-state index in [0.717, 1.165) is 63.1 Å². The van der Waals surface area contributed by atoms with Crippen LogP contribution in [0.5, 0.6) is 5.75 Å². The fourth-order valence-corrected chi connectivity index (χ4v) is 2.92. The van der Waals surface area contributed by atoms with Crippen LogP contribution in [0.2, 0.25) is 0 Å². The number of halogens is 1. The van der Waals surface area contributed by atoms with E-state index in [0.29, 0.717) is 13.2 Å². The Morgan fingerprint density at radius 2 is 2.14 bits per heavy atom. The summed E-state index contributed by atoms with van der Waals surface area (Å²) in [5.74, 6) is 1.73. The minimum Gasteiger partial charge on any atom is -0.488 e. The number of aryl methyl sites for hydroxylation is 1. The quantitative estimate of drug-likeness (QED) is 0.266. The number of guanidine groups is 1. The average Bonchev–Trinajstić information content (AvgIpc) is 3.18. The molecule has 1 heterocycles. The van der Waals surface area contributed by atoms with E-state index in [4.69, 9.17) is 19.2 Å². The van der Waals surface area contributed by atoms with Crippen LogP contribution in [0.3, 0.4) is 0 Å². The first-order chi connectivity index (χ1) is 13.6. The molecule has 1 aliphatic rings. The first-order valence-electron chi connectivity index (χ1n) is 10.2. The number of nitrogens with zero attached hydrogens (tertiary/aromatic N) is 2. The van der Waals surface area contributed by atoms with Crippen LogP contribution in [0, 0.1) is 6.92 Å². The Morgan fingerprint density at radius 1 is 1.31 bits per heavy atom. The number of hydrogen-bond acceptors (Lipinski definition) is 5. The molecule has 7 nitrogen and oxygen atoms in total. The lowest BCUT2D eigenvalue weighted by atomic mass is 10.1. The predicted molar refractivity (Wildman–Crippen MR) is 129 cm³/mol.